The molecule has 0 bridgehead atoms. The highest BCUT2D eigenvalue weighted by Gasteiger charge is 2.42. The largest absolute Gasteiger partial charge is 1.00 e. The third-order valence-electron chi connectivity index (χ3n) is 5.34. The van der Waals surface area contributed by atoms with E-state index in [1.54, 1.807) is 29.2 Å². The topological polar surface area (TPSA) is 71.8 Å². The van der Waals surface area contributed by atoms with Crippen LogP contribution in [0, 0.1) is 0 Å². The number of amides is 2. The van der Waals surface area contributed by atoms with E-state index < -0.39 is 6.04 Å². The van der Waals surface area contributed by atoms with Crippen LogP contribution in [0.2, 0.25) is 5.02 Å². The van der Waals surface area contributed by atoms with E-state index in [1.165, 1.54) is 0 Å². The number of pyridine rings is 1. The number of halogens is 2. The molecule has 1 N–H and O–H groups in total. The van der Waals surface area contributed by atoms with Gasteiger partial charge in [0.15, 0.2) is 23.7 Å². The van der Waals surface area contributed by atoms with Gasteiger partial charge in [0.05, 0.1) is 0 Å². The summed E-state index contributed by atoms with van der Waals surface area (Å²) in [5.74, 6) is 0.874. The maximum absolute atomic E-state index is 13.4. The highest BCUT2D eigenvalue weighted by atomic mass is 127. The maximum atomic E-state index is 13.4. The first-order chi connectivity index (χ1) is 15.1. The Morgan fingerprint density at radius 1 is 1.09 bits per heavy atom. The Bertz CT molecular complexity index is 1170. The minimum absolute atomic E-state index is 0. The van der Waals surface area contributed by atoms with Crippen molar-refractivity contribution in [3.63, 3.8) is 0 Å². The van der Waals surface area contributed by atoms with Gasteiger partial charge in [-0.3, -0.25) is 9.59 Å². The fourth-order valence-electron chi connectivity index (χ4n) is 3.86. The number of carbonyl (C=O) groups is 2. The standard InChI is InChI=1S/C23H18ClN3O4.HI/c24-16-5-7-17(8-6-16)25-23(29)22-18-3-1-2-10-26(18)13-21(28)27(22)12-15-4-9-19-20(11-15)31-14-30-19;/h1-11,22H,12-14H2;1H. The van der Waals surface area contributed by atoms with Crippen LogP contribution in [0.4, 0.5) is 5.69 Å². The molecule has 2 aromatic carbocycles. The van der Waals surface area contributed by atoms with Gasteiger partial charge >= 0.3 is 0 Å². The molecule has 2 amide bonds. The molecule has 5 rings (SSSR count). The highest BCUT2D eigenvalue weighted by molar-refractivity contribution is 6.30. The molecule has 32 heavy (non-hydrogen) atoms. The van der Waals surface area contributed by atoms with Crippen LogP contribution in [-0.4, -0.2) is 23.5 Å². The number of nitrogens with one attached hydrogen (secondary N) is 1. The lowest BCUT2D eigenvalue weighted by Crippen LogP contribution is -3.00. The molecular weight excluding hydrogens is 545 g/mol. The first kappa shape index (κ1) is 22.3. The van der Waals surface area contributed by atoms with Gasteiger partial charge in [-0.15, -0.1) is 0 Å². The van der Waals surface area contributed by atoms with Crippen LogP contribution < -0.4 is 43.3 Å². The molecule has 7 nitrogen and oxygen atoms in total. The molecule has 9 heteroatoms. The summed E-state index contributed by atoms with van der Waals surface area (Å²) < 4.78 is 12.6. The van der Waals surface area contributed by atoms with Crippen LogP contribution >= 0.6 is 11.6 Å². The first-order valence-electron chi connectivity index (χ1n) is 9.81. The van der Waals surface area contributed by atoms with E-state index in [-0.39, 0.29) is 55.7 Å². The summed E-state index contributed by atoms with van der Waals surface area (Å²) in [6, 6.07) is 17.2. The van der Waals surface area contributed by atoms with Gasteiger partial charge in [-0.25, -0.2) is 0 Å². The monoisotopic (exact) mass is 563 g/mol. The molecule has 2 aliphatic heterocycles. The fraction of sp³-hybridized carbons (Fsp3) is 0.174. The van der Waals surface area contributed by atoms with Crippen molar-refractivity contribution in [3.05, 3.63) is 83.1 Å². The molecule has 0 aliphatic carbocycles. The summed E-state index contributed by atoms with van der Waals surface area (Å²) >= 11 is 5.95. The van der Waals surface area contributed by atoms with E-state index in [9.17, 15) is 9.59 Å². The summed E-state index contributed by atoms with van der Waals surface area (Å²) in [6.07, 6.45) is 1.81. The Labute approximate surface area is 206 Å². The third kappa shape index (κ3) is 4.37. The Hall–Kier alpha value is -2.85. The summed E-state index contributed by atoms with van der Waals surface area (Å²) in [4.78, 5) is 28.0. The minimum atomic E-state index is -0.788. The molecule has 0 radical (unpaired) electrons. The molecule has 1 aromatic heterocycles. The highest BCUT2D eigenvalue weighted by Crippen LogP contribution is 2.34. The fourth-order valence-corrected chi connectivity index (χ4v) is 3.98. The number of ether oxygens (including phenoxy) is 2. The van der Waals surface area contributed by atoms with Crippen molar-refractivity contribution in [2.75, 3.05) is 12.1 Å². The lowest BCUT2D eigenvalue weighted by molar-refractivity contribution is -0.698. The average molecular weight is 564 g/mol. The van der Waals surface area contributed by atoms with Gasteiger partial charge in [-0.05, 0) is 42.0 Å². The van der Waals surface area contributed by atoms with Gasteiger partial charge in [0, 0.05) is 29.4 Å². The van der Waals surface area contributed by atoms with Gasteiger partial charge in [0.25, 0.3) is 11.8 Å². The second-order valence-corrected chi connectivity index (χ2v) is 7.80. The predicted molar refractivity (Wildman–Crippen MR) is 113 cm³/mol. The number of nitrogens with zero attached hydrogens (tertiary/aromatic N) is 2. The van der Waals surface area contributed by atoms with E-state index >= 15 is 0 Å². The van der Waals surface area contributed by atoms with Crippen LogP contribution in [-0.2, 0) is 22.7 Å². The normalized spacial score (nSPS) is 16.2. The number of hydrogen-bond acceptors (Lipinski definition) is 4. The van der Waals surface area contributed by atoms with Crippen molar-refractivity contribution in [2.24, 2.45) is 0 Å². The summed E-state index contributed by atoms with van der Waals surface area (Å²) in [7, 11) is 0. The SMILES string of the molecule is O=C(Nc1ccc(Cl)cc1)C1c2cccc[n+]2CC(=O)N1Cc1ccc2c(c1)OCO2.[I-]. The van der Waals surface area contributed by atoms with Crippen molar-refractivity contribution in [1.82, 2.24) is 4.90 Å². The van der Waals surface area contributed by atoms with Gasteiger partial charge in [0.1, 0.15) is 0 Å². The number of benzene rings is 2. The van der Waals surface area contributed by atoms with E-state index in [1.807, 2.05) is 47.2 Å². The van der Waals surface area contributed by atoms with Gasteiger partial charge in [0.2, 0.25) is 19.0 Å². The molecule has 1 unspecified atom stereocenters. The molecule has 0 spiro atoms. The number of carbonyl (C=O) groups excluding carboxylic acids is 2. The molecule has 3 heterocycles. The van der Waals surface area contributed by atoms with Crippen molar-refractivity contribution in [2.45, 2.75) is 19.1 Å². The Morgan fingerprint density at radius 3 is 2.69 bits per heavy atom. The van der Waals surface area contributed by atoms with Crippen LogP contribution in [0.3, 0.4) is 0 Å². The van der Waals surface area contributed by atoms with Gasteiger partial charge in [-0.2, -0.15) is 4.57 Å². The molecular formula is C23H19ClIN3O4. The van der Waals surface area contributed by atoms with E-state index in [0.717, 1.165) is 11.3 Å². The lowest BCUT2D eigenvalue weighted by Gasteiger charge is -2.32. The van der Waals surface area contributed by atoms with Crippen LogP contribution in [0.25, 0.3) is 0 Å². The van der Waals surface area contributed by atoms with E-state index in [4.69, 9.17) is 21.1 Å². The zero-order valence-corrected chi connectivity index (χ0v) is 19.7. The first-order valence-corrected chi connectivity index (χ1v) is 10.2. The number of anilines is 1. The summed E-state index contributed by atoms with van der Waals surface area (Å²) in [5.41, 5.74) is 2.21. The Morgan fingerprint density at radius 2 is 1.88 bits per heavy atom. The number of hydrogen-bond donors (Lipinski definition) is 1. The number of aromatic nitrogens is 1. The lowest BCUT2D eigenvalue weighted by atomic mass is 10.0. The minimum Gasteiger partial charge on any atom is -1.00 e. The molecule has 1 atom stereocenters. The average Bonchev–Trinajstić information content (AvgIpc) is 3.23. The molecule has 0 saturated carbocycles. The second-order valence-electron chi connectivity index (χ2n) is 7.36. The number of rotatable bonds is 4. The molecule has 0 saturated heterocycles. The Kier molecular flexibility index (Phi) is 6.52. The maximum Gasteiger partial charge on any atom is 0.289 e. The van der Waals surface area contributed by atoms with Crippen LogP contribution in [0.15, 0.2) is 66.9 Å². The molecule has 2 aliphatic rings. The summed E-state index contributed by atoms with van der Waals surface area (Å²) in [6.45, 7) is 0.617. The summed E-state index contributed by atoms with van der Waals surface area (Å²) in [5, 5.41) is 3.49. The van der Waals surface area contributed by atoms with Crippen molar-refractivity contribution >= 4 is 29.1 Å². The second kappa shape index (κ2) is 9.33. The third-order valence-corrected chi connectivity index (χ3v) is 5.60. The quantitative estimate of drug-likeness (QED) is 0.361. The van der Waals surface area contributed by atoms with Crippen molar-refractivity contribution < 1.29 is 47.6 Å². The van der Waals surface area contributed by atoms with E-state index in [2.05, 4.69) is 5.32 Å². The molecule has 3 aromatic rings. The number of fused-ring (bicyclic) bond motifs is 2. The van der Waals surface area contributed by atoms with Gasteiger partial charge in [-0.1, -0.05) is 23.7 Å². The van der Waals surface area contributed by atoms with Crippen molar-refractivity contribution in [3.8, 4) is 11.5 Å². The van der Waals surface area contributed by atoms with Crippen LogP contribution in [0.1, 0.15) is 17.3 Å². The zero-order chi connectivity index (χ0) is 21.4. The smallest absolute Gasteiger partial charge is 0.289 e. The van der Waals surface area contributed by atoms with Gasteiger partial charge < -0.3 is 43.7 Å². The van der Waals surface area contributed by atoms with Crippen molar-refractivity contribution in [1.29, 1.82) is 0 Å². The Balaban J connectivity index is 0.00000245. The van der Waals surface area contributed by atoms with Crippen LogP contribution in [0.5, 0.6) is 11.5 Å². The predicted octanol–water partition coefficient (Wildman–Crippen LogP) is 0.0824. The molecule has 164 valence electrons. The van der Waals surface area contributed by atoms with E-state index in [0.29, 0.717) is 22.2 Å². The molecule has 0 fully saturated rings. The zero-order valence-electron chi connectivity index (χ0n) is 16.8.